The van der Waals surface area contributed by atoms with Crippen LogP contribution in [0.4, 0.5) is 5.82 Å². The predicted molar refractivity (Wildman–Crippen MR) is 124 cm³/mol. The van der Waals surface area contributed by atoms with Crippen molar-refractivity contribution < 1.29 is 10.2 Å². The third-order valence-corrected chi connectivity index (χ3v) is 8.36. The maximum Gasteiger partial charge on any atom is 0.198 e. The molecule has 0 aromatic carbocycles. The van der Waals surface area contributed by atoms with Crippen LogP contribution in [0.2, 0.25) is 5.15 Å². The van der Waals surface area contributed by atoms with Gasteiger partial charge in [-0.15, -0.1) is 0 Å². The molecule has 7 nitrogen and oxygen atoms in total. The second kappa shape index (κ2) is 7.96. The third-order valence-electron chi connectivity index (χ3n) is 8.18. The molecule has 2 aromatic rings. The van der Waals surface area contributed by atoms with Crippen LogP contribution in [0, 0.1) is 11.8 Å². The number of unbranched alkanes of at least 4 members (excludes halogenated alkanes) is 1. The monoisotopic (exact) mass is 455 g/mol. The van der Waals surface area contributed by atoms with Gasteiger partial charge in [0.1, 0.15) is 11.0 Å². The van der Waals surface area contributed by atoms with Gasteiger partial charge in [-0.2, -0.15) is 0 Å². The molecule has 0 radical (unpaired) electrons. The van der Waals surface area contributed by atoms with Gasteiger partial charge < -0.3 is 15.1 Å². The number of anilines is 1. The summed E-state index contributed by atoms with van der Waals surface area (Å²) >= 11 is 5.97. The molecule has 4 atom stereocenters. The molecule has 5 aliphatic rings. The molecule has 3 heterocycles. The van der Waals surface area contributed by atoms with Crippen LogP contribution in [0.15, 0.2) is 24.5 Å². The second-order valence-corrected chi connectivity index (χ2v) is 10.1. The first kappa shape index (κ1) is 20.4. The molecule has 1 saturated heterocycles. The van der Waals surface area contributed by atoms with Crippen molar-refractivity contribution in [1.29, 1.82) is 0 Å². The molecule has 2 fully saturated rings. The Labute approximate surface area is 193 Å². The average Bonchev–Trinajstić information content (AvgIpc) is 3.03. The van der Waals surface area contributed by atoms with Crippen LogP contribution in [-0.2, 0) is 6.54 Å². The normalized spacial score (nSPS) is 28.5. The number of aromatic nitrogens is 3. The molecular weight excluding hydrogens is 426 g/mol. The average molecular weight is 456 g/mol. The Bertz CT molecular complexity index is 1000. The summed E-state index contributed by atoms with van der Waals surface area (Å²) in [6.45, 7) is 5.49. The highest BCUT2D eigenvalue weighted by atomic mass is 35.5. The fraction of sp³-hybridized carbons (Fsp3) is 0.583. The molecule has 4 aliphatic carbocycles. The number of piperazine rings is 1. The first-order chi connectivity index (χ1) is 15.6. The molecule has 1 saturated carbocycles. The largest absolute Gasteiger partial charge is 0.494 e. The Kier molecular flexibility index (Phi) is 5.06. The van der Waals surface area contributed by atoms with Crippen LogP contribution in [0.1, 0.15) is 48.6 Å². The minimum Gasteiger partial charge on any atom is -0.494 e. The van der Waals surface area contributed by atoms with Gasteiger partial charge in [0.15, 0.2) is 11.8 Å². The molecule has 0 spiro atoms. The van der Waals surface area contributed by atoms with Gasteiger partial charge in [-0.25, -0.2) is 4.98 Å². The maximum atomic E-state index is 10.9. The van der Waals surface area contributed by atoms with Crippen LogP contribution >= 0.6 is 11.6 Å². The SMILES string of the molecule is Oc1c2c(c(O)n1CCCCN1CCN(c3cncc(Cl)n3)CC1)C1C=CC2C2CCC12. The van der Waals surface area contributed by atoms with E-state index in [1.54, 1.807) is 17.0 Å². The van der Waals surface area contributed by atoms with Crippen molar-refractivity contribution in [2.24, 2.45) is 11.8 Å². The van der Waals surface area contributed by atoms with Crippen molar-refractivity contribution in [3.8, 4) is 11.8 Å². The minimum atomic E-state index is 0.293. The van der Waals surface area contributed by atoms with Gasteiger partial charge in [0.25, 0.3) is 0 Å². The second-order valence-electron chi connectivity index (χ2n) is 9.70. The molecule has 4 unspecified atom stereocenters. The molecule has 2 aromatic heterocycles. The summed E-state index contributed by atoms with van der Waals surface area (Å²) in [6, 6.07) is 0. The van der Waals surface area contributed by atoms with Crippen LogP contribution in [0.5, 0.6) is 11.8 Å². The molecule has 1 aliphatic heterocycles. The number of rotatable bonds is 6. The zero-order chi connectivity index (χ0) is 21.8. The number of hydrogen-bond donors (Lipinski definition) is 2. The smallest absolute Gasteiger partial charge is 0.198 e. The summed E-state index contributed by atoms with van der Waals surface area (Å²) in [4.78, 5) is 13.2. The van der Waals surface area contributed by atoms with Gasteiger partial charge in [0, 0.05) is 55.7 Å². The molecule has 170 valence electrons. The quantitative estimate of drug-likeness (QED) is 0.510. The van der Waals surface area contributed by atoms with E-state index in [2.05, 4.69) is 31.9 Å². The van der Waals surface area contributed by atoms with Gasteiger partial charge in [0.05, 0.1) is 12.4 Å². The van der Waals surface area contributed by atoms with Crippen LogP contribution in [0.25, 0.3) is 0 Å². The van der Waals surface area contributed by atoms with E-state index in [0.29, 0.717) is 47.1 Å². The van der Waals surface area contributed by atoms with Crippen molar-refractivity contribution in [3.05, 3.63) is 40.8 Å². The molecule has 0 amide bonds. The Morgan fingerprint density at radius 2 is 1.50 bits per heavy atom. The molecule has 2 N–H and O–H groups in total. The summed E-state index contributed by atoms with van der Waals surface area (Å²) < 4.78 is 1.76. The van der Waals surface area contributed by atoms with Gasteiger partial charge in [-0.3, -0.25) is 14.5 Å². The Morgan fingerprint density at radius 3 is 2.09 bits per heavy atom. The molecule has 8 heteroatoms. The van der Waals surface area contributed by atoms with E-state index < -0.39 is 0 Å². The van der Waals surface area contributed by atoms with Crippen LogP contribution < -0.4 is 4.90 Å². The lowest BCUT2D eigenvalue weighted by Crippen LogP contribution is -2.47. The maximum absolute atomic E-state index is 10.9. The fourth-order valence-electron chi connectivity index (χ4n) is 6.38. The van der Waals surface area contributed by atoms with Gasteiger partial charge >= 0.3 is 0 Å². The summed E-state index contributed by atoms with van der Waals surface area (Å²) in [5.74, 6) is 3.36. The summed E-state index contributed by atoms with van der Waals surface area (Å²) in [5, 5.41) is 22.3. The van der Waals surface area contributed by atoms with Gasteiger partial charge in [0.2, 0.25) is 0 Å². The van der Waals surface area contributed by atoms with E-state index >= 15 is 0 Å². The number of hydrogen-bond acceptors (Lipinski definition) is 6. The van der Waals surface area contributed by atoms with E-state index in [1.807, 2.05) is 0 Å². The summed E-state index contributed by atoms with van der Waals surface area (Å²) in [6.07, 6.45) is 12.3. The highest BCUT2D eigenvalue weighted by Gasteiger charge is 2.52. The highest BCUT2D eigenvalue weighted by molar-refractivity contribution is 6.29. The van der Waals surface area contributed by atoms with E-state index in [1.165, 1.54) is 12.8 Å². The summed E-state index contributed by atoms with van der Waals surface area (Å²) in [5.41, 5.74) is 2.02. The number of nitrogens with zero attached hydrogens (tertiary/aromatic N) is 5. The standard InChI is InChI=1S/C24H30ClN5O2/c25-19-13-26-14-20(27-19)29-11-9-28(10-12-29)7-1-2-8-30-23(31)21-17-5-6-18(22(21)24(30)32)16-4-3-15(16)17/h5-6,13-18,31-32H,1-4,7-12H2. The van der Waals surface area contributed by atoms with Crippen molar-refractivity contribution in [1.82, 2.24) is 19.4 Å². The van der Waals surface area contributed by atoms with Crippen molar-refractivity contribution in [2.45, 2.75) is 44.1 Å². The summed E-state index contributed by atoms with van der Waals surface area (Å²) in [7, 11) is 0. The van der Waals surface area contributed by atoms with Gasteiger partial charge in [-0.1, -0.05) is 23.8 Å². The van der Waals surface area contributed by atoms with Crippen LogP contribution in [-0.4, -0.2) is 62.4 Å². The zero-order valence-electron chi connectivity index (χ0n) is 18.2. The lowest BCUT2D eigenvalue weighted by Gasteiger charge is -2.51. The van der Waals surface area contributed by atoms with Gasteiger partial charge in [-0.05, 0) is 44.1 Å². The highest BCUT2D eigenvalue weighted by Crippen LogP contribution is 2.64. The van der Waals surface area contributed by atoms with Crippen molar-refractivity contribution in [2.75, 3.05) is 37.6 Å². The van der Waals surface area contributed by atoms with E-state index in [0.717, 1.165) is 62.5 Å². The fourth-order valence-corrected chi connectivity index (χ4v) is 6.52. The lowest BCUT2D eigenvalue weighted by molar-refractivity contribution is 0.114. The van der Waals surface area contributed by atoms with E-state index in [9.17, 15) is 10.2 Å². The number of halogens is 1. The topological polar surface area (TPSA) is 77.7 Å². The lowest BCUT2D eigenvalue weighted by atomic mass is 9.52. The number of allylic oxidation sites excluding steroid dienone is 2. The molecule has 2 bridgehead atoms. The van der Waals surface area contributed by atoms with Crippen molar-refractivity contribution >= 4 is 17.4 Å². The Morgan fingerprint density at radius 1 is 0.875 bits per heavy atom. The van der Waals surface area contributed by atoms with Crippen LogP contribution in [0.3, 0.4) is 0 Å². The molecule has 32 heavy (non-hydrogen) atoms. The molecular formula is C24H30ClN5O2. The molecule has 7 rings (SSSR count). The van der Waals surface area contributed by atoms with E-state index in [4.69, 9.17) is 11.6 Å². The predicted octanol–water partition coefficient (Wildman–Crippen LogP) is 3.72. The zero-order valence-corrected chi connectivity index (χ0v) is 19.0. The third kappa shape index (κ3) is 3.20. The minimum absolute atomic E-state index is 0.293. The Balaban J connectivity index is 1.03. The Hall–Kier alpha value is -2.25. The van der Waals surface area contributed by atoms with Crippen molar-refractivity contribution in [3.63, 3.8) is 0 Å². The van der Waals surface area contributed by atoms with E-state index in [-0.39, 0.29) is 0 Å². The first-order valence-corrected chi connectivity index (χ1v) is 12.3. The first-order valence-electron chi connectivity index (χ1n) is 11.9. The number of aromatic hydroxyl groups is 2.